The first kappa shape index (κ1) is 10.8. The molecule has 0 atom stereocenters. The maximum Gasteiger partial charge on any atom is 0.0637 e. The summed E-state index contributed by atoms with van der Waals surface area (Å²) in [5.74, 6) is 0. The molecular formula is C9H11Cl2NO. The van der Waals surface area contributed by atoms with Gasteiger partial charge < -0.3 is 5.11 Å². The third-order valence-corrected chi connectivity index (χ3v) is 2.21. The first-order valence-corrected chi connectivity index (χ1v) is 4.66. The Bertz CT molecular complexity index is 287. The predicted octanol–water partition coefficient (Wildman–Crippen LogP) is 2.70. The quantitative estimate of drug-likeness (QED) is 0.831. The summed E-state index contributed by atoms with van der Waals surface area (Å²) in [6.45, 7) is 3.42. The Hall–Kier alpha value is -0.310. The molecule has 72 valence electrons. The number of aliphatic hydroxyl groups is 1. The van der Waals surface area contributed by atoms with Crippen LogP contribution >= 0.6 is 23.2 Å². The fraction of sp³-hybridized carbons (Fsp3) is 0.444. The zero-order valence-electron chi connectivity index (χ0n) is 7.51. The van der Waals surface area contributed by atoms with Crippen LogP contribution in [0, 0.1) is 0 Å². The van der Waals surface area contributed by atoms with Crippen LogP contribution in [0.1, 0.15) is 19.4 Å². The Morgan fingerprint density at radius 3 is 2.15 bits per heavy atom. The van der Waals surface area contributed by atoms with Crippen LogP contribution in [0.5, 0.6) is 0 Å². The van der Waals surface area contributed by atoms with Gasteiger partial charge in [0.2, 0.25) is 0 Å². The standard InChI is InChI=1S/C9H11Cl2NO/c1-9(2,13)3-6-7(10)4-12-5-8(6)11/h4-5,13H,3H2,1-2H3. The predicted molar refractivity (Wildman–Crippen MR) is 54.3 cm³/mol. The van der Waals surface area contributed by atoms with E-state index in [0.717, 1.165) is 5.56 Å². The molecule has 0 bridgehead atoms. The van der Waals surface area contributed by atoms with E-state index in [2.05, 4.69) is 4.98 Å². The molecule has 0 radical (unpaired) electrons. The largest absolute Gasteiger partial charge is 0.390 e. The lowest BCUT2D eigenvalue weighted by Gasteiger charge is -2.18. The van der Waals surface area contributed by atoms with Crippen LogP contribution in [0.2, 0.25) is 10.0 Å². The molecule has 0 spiro atoms. The van der Waals surface area contributed by atoms with E-state index in [4.69, 9.17) is 23.2 Å². The summed E-state index contributed by atoms with van der Waals surface area (Å²) in [7, 11) is 0. The first-order chi connectivity index (χ1) is 5.90. The number of rotatable bonds is 2. The van der Waals surface area contributed by atoms with Crippen LogP contribution in [0.3, 0.4) is 0 Å². The Labute approximate surface area is 87.5 Å². The molecule has 0 fully saturated rings. The Kier molecular flexibility index (Phi) is 3.17. The van der Waals surface area contributed by atoms with Gasteiger partial charge in [-0.3, -0.25) is 4.98 Å². The van der Waals surface area contributed by atoms with Gasteiger partial charge in [-0.15, -0.1) is 0 Å². The van der Waals surface area contributed by atoms with Crippen molar-refractivity contribution in [2.24, 2.45) is 0 Å². The van der Waals surface area contributed by atoms with Crippen molar-refractivity contribution in [3.05, 3.63) is 28.0 Å². The minimum Gasteiger partial charge on any atom is -0.390 e. The molecule has 0 aromatic carbocycles. The van der Waals surface area contributed by atoms with Gasteiger partial charge in [-0.2, -0.15) is 0 Å². The van der Waals surface area contributed by atoms with Crippen LogP contribution in [-0.4, -0.2) is 15.7 Å². The molecule has 0 aliphatic rings. The van der Waals surface area contributed by atoms with Crippen molar-refractivity contribution in [2.75, 3.05) is 0 Å². The molecule has 4 heteroatoms. The van der Waals surface area contributed by atoms with Crippen molar-refractivity contribution < 1.29 is 5.11 Å². The van der Waals surface area contributed by atoms with Crippen LogP contribution in [-0.2, 0) is 6.42 Å². The third kappa shape index (κ3) is 3.14. The monoisotopic (exact) mass is 219 g/mol. The maximum absolute atomic E-state index is 9.58. The van der Waals surface area contributed by atoms with Crippen molar-refractivity contribution in [3.8, 4) is 0 Å². The molecule has 0 amide bonds. The van der Waals surface area contributed by atoms with Crippen molar-refractivity contribution >= 4 is 23.2 Å². The lowest BCUT2D eigenvalue weighted by Crippen LogP contribution is -2.22. The van der Waals surface area contributed by atoms with E-state index < -0.39 is 5.60 Å². The highest BCUT2D eigenvalue weighted by molar-refractivity contribution is 6.35. The Morgan fingerprint density at radius 1 is 1.31 bits per heavy atom. The average molecular weight is 220 g/mol. The SMILES string of the molecule is CC(C)(O)Cc1c(Cl)cncc1Cl. The second kappa shape index (κ2) is 3.82. The second-order valence-electron chi connectivity index (χ2n) is 3.57. The summed E-state index contributed by atoms with van der Waals surface area (Å²) in [5, 5.41) is 10.6. The van der Waals surface area contributed by atoms with E-state index in [1.807, 2.05) is 0 Å². The molecule has 0 aliphatic carbocycles. The number of aromatic nitrogens is 1. The summed E-state index contributed by atoms with van der Waals surface area (Å²) < 4.78 is 0. The zero-order valence-corrected chi connectivity index (χ0v) is 9.02. The topological polar surface area (TPSA) is 33.1 Å². The van der Waals surface area contributed by atoms with Crippen LogP contribution in [0.4, 0.5) is 0 Å². The minimum absolute atomic E-state index is 0.424. The van der Waals surface area contributed by atoms with Crippen molar-refractivity contribution in [3.63, 3.8) is 0 Å². The zero-order chi connectivity index (χ0) is 10.1. The third-order valence-electron chi connectivity index (χ3n) is 1.56. The summed E-state index contributed by atoms with van der Waals surface area (Å²) in [4.78, 5) is 3.83. The maximum atomic E-state index is 9.58. The van der Waals surface area contributed by atoms with Crippen molar-refractivity contribution in [1.29, 1.82) is 0 Å². The Morgan fingerprint density at radius 2 is 1.77 bits per heavy atom. The lowest BCUT2D eigenvalue weighted by atomic mass is 10.00. The molecular weight excluding hydrogens is 209 g/mol. The van der Waals surface area contributed by atoms with E-state index in [1.165, 1.54) is 12.4 Å². The smallest absolute Gasteiger partial charge is 0.0637 e. The molecule has 0 unspecified atom stereocenters. The van der Waals surface area contributed by atoms with Gasteiger partial charge in [0.05, 0.1) is 15.6 Å². The van der Waals surface area contributed by atoms with E-state index in [1.54, 1.807) is 13.8 Å². The molecule has 1 N–H and O–H groups in total. The van der Waals surface area contributed by atoms with Gasteiger partial charge in [-0.05, 0) is 19.4 Å². The van der Waals surface area contributed by atoms with Crippen molar-refractivity contribution in [1.82, 2.24) is 4.98 Å². The Balaban J connectivity index is 3.00. The highest BCUT2D eigenvalue weighted by Gasteiger charge is 2.17. The number of nitrogens with zero attached hydrogens (tertiary/aromatic N) is 1. The number of halogens is 2. The van der Waals surface area contributed by atoms with Crippen LogP contribution in [0.15, 0.2) is 12.4 Å². The first-order valence-electron chi connectivity index (χ1n) is 3.90. The fourth-order valence-electron chi connectivity index (χ4n) is 1.04. The van der Waals surface area contributed by atoms with Gasteiger partial charge in [0.15, 0.2) is 0 Å². The van der Waals surface area contributed by atoms with E-state index in [-0.39, 0.29) is 0 Å². The summed E-state index contributed by atoms with van der Waals surface area (Å²) >= 11 is 11.8. The highest BCUT2D eigenvalue weighted by atomic mass is 35.5. The van der Waals surface area contributed by atoms with Gasteiger partial charge in [-0.25, -0.2) is 0 Å². The van der Waals surface area contributed by atoms with E-state index in [9.17, 15) is 5.11 Å². The average Bonchev–Trinajstić information content (AvgIpc) is 1.95. The molecule has 1 aromatic rings. The van der Waals surface area contributed by atoms with E-state index in [0.29, 0.717) is 16.5 Å². The van der Waals surface area contributed by atoms with Crippen LogP contribution in [0.25, 0.3) is 0 Å². The van der Waals surface area contributed by atoms with Crippen molar-refractivity contribution in [2.45, 2.75) is 25.9 Å². The molecule has 1 rings (SSSR count). The van der Waals surface area contributed by atoms with Gasteiger partial charge in [-0.1, -0.05) is 23.2 Å². The number of hydrogen-bond donors (Lipinski definition) is 1. The van der Waals surface area contributed by atoms with Gasteiger partial charge in [0.25, 0.3) is 0 Å². The van der Waals surface area contributed by atoms with Gasteiger partial charge in [0.1, 0.15) is 0 Å². The minimum atomic E-state index is -0.811. The summed E-state index contributed by atoms with van der Waals surface area (Å²) in [5.41, 5.74) is -0.0694. The summed E-state index contributed by atoms with van der Waals surface area (Å²) in [6.07, 6.45) is 3.47. The highest BCUT2D eigenvalue weighted by Crippen LogP contribution is 2.26. The molecule has 0 aliphatic heterocycles. The van der Waals surface area contributed by atoms with E-state index >= 15 is 0 Å². The normalized spacial score (nSPS) is 11.8. The molecule has 2 nitrogen and oxygen atoms in total. The second-order valence-corrected chi connectivity index (χ2v) is 4.39. The molecule has 1 aromatic heterocycles. The van der Waals surface area contributed by atoms with Gasteiger partial charge >= 0.3 is 0 Å². The molecule has 1 heterocycles. The number of hydrogen-bond acceptors (Lipinski definition) is 2. The van der Waals surface area contributed by atoms with Crippen LogP contribution < -0.4 is 0 Å². The fourth-order valence-corrected chi connectivity index (χ4v) is 1.54. The molecule has 0 saturated carbocycles. The lowest BCUT2D eigenvalue weighted by molar-refractivity contribution is 0.0810. The number of pyridine rings is 1. The summed E-state index contributed by atoms with van der Waals surface area (Å²) in [6, 6.07) is 0. The van der Waals surface area contributed by atoms with Gasteiger partial charge in [0, 0.05) is 18.8 Å². The molecule has 0 saturated heterocycles. The molecule has 13 heavy (non-hydrogen) atoms.